The molecule has 0 aliphatic heterocycles. The third-order valence-electron chi connectivity index (χ3n) is 2.27. The monoisotopic (exact) mass is 243 g/mol. The van der Waals surface area contributed by atoms with Crippen molar-refractivity contribution in [2.24, 2.45) is 0 Å². The van der Waals surface area contributed by atoms with Gasteiger partial charge >= 0.3 is 6.18 Å². The molecule has 2 aromatic rings. The molecule has 0 fully saturated rings. The van der Waals surface area contributed by atoms with E-state index in [2.05, 4.69) is 15.3 Å². The van der Waals surface area contributed by atoms with Gasteiger partial charge < -0.3 is 10.3 Å². The number of aromatic nitrogens is 2. The van der Waals surface area contributed by atoms with Crippen LogP contribution in [0, 0.1) is 0 Å². The zero-order valence-electron chi connectivity index (χ0n) is 8.72. The van der Waals surface area contributed by atoms with Gasteiger partial charge in [0.2, 0.25) is 0 Å². The number of H-pyrrole nitrogens is 1. The molecule has 0 atom stereocenters. The number of aromatic amines is 1. The van der Waals surface area contributed by atoms with Crippen molar-refractivity contribution in [1.82, 2.24) is 15.3 Å². The molecule has 17 heavy (non-hydrogen) atoms. The van der Waals surface area contributed by atoms with Gasteiger partial charge in [-0.05, 0) is 12.1 Å². The van der Waals surface area contributed by atoms with E-state index >= 15 is 0 Å². The molecule has 90 valence electrons. The number of halogens is 3. The van der Waals surface area contributed by atoms with Gasteiger partial charge in [-0.25, -0.2) is 4.98 Å². The van der Waals surface area contributed by atoms with Gasteiger partial charge in [0.25, 0.3) is 5.91 Å². The van der Waals surface area contributed by atoms with E-state index in [4.69, 9.17) is 0 Å². The molecule has 2 rings (SSSR count). The highest BCUT2D eigenvalue weighted by Crippen LogP contribution is 2.30. The molecule has 7 heteroatoms. The van der Waals surface area contributed by atoms with Gasteiger partial charge in [0.1, 0.15) is 11.3 Å². The van der Waals surface area contributed by atoms with Crippen molar-refractivity contribution in [2.45, 2.75) is 6.18 Å². The minimum absolute atomic E-state index is 0.175. The molecule has 0 spiro atoms. The topological polar surface area (TPSA) is 57.8 Å². The summed E-state index contributed by atoms with van der Waals surface area (Å²) in [5, 5.41) is 2.62. The second-order valence-electron chi connectivity index (χ2n) is 3.42. The molecule has 0 saturated carbocycles. The van der Waals surface area contributed by atoms with Gasteiger partial charge in [0.05, 0.1) is 5.56 Å². The Labute approximate surface area is 93.8 Å². The molecule has 2 aromatic heterocycles. The van der Waals surface area contributed by atoms with E-state index in [1.54, 1.807) is 0 Å². The summed E-state index contributed by atoms with van der Waals surface area (Å²) >= 11 is 0. The van der Waals surface area contributed by atoms with Gasteiger partial charge in [0.15, 0.2) is 0 Å². The highest BCUT2D eigenvalue weighted by Gasteiger charge is 2.31. The number of pyridine rings is 1. The number of nitrogens with one attached hydrogen (secondary N) is 2. The van der Waals surface area contributed by atoms with Gasteiger partial charge in [-0.2, -0.15) is 13.2 Å². The average Bonchev–Trinajstić information content (AvgIpc) is 2.69. The molecule has 0 bridgehead atoms. The number of alkyl halides is 3. The lowest BCUT2D eigenvalue weighted by atomic mass is 10.2. The fourth-order valence-electron chi connectivity index (χ4n) is 1.43. The summed E-state index contributed by atoms with van der Waals surface area (Å²) in [7, 11) is 1.43. The van der Waals surface area contributed by atoms with Crippen LogP contribution in [-0.2, 0) is 6.18 Å². The number of hydrogen-bond acceptors (Lipinski definition) is 2. The van der Waals surface area contributed by atoms with Crippen molar-refractivity contribution in [2.75, 3.05) is 7.05 Å². The lowest BCUT2D eigenvalue weighted by Gasteiger charge is -2.04. The van der Waals surface area contributed by atoms with Crippen LogP contribution < -0.4 is 5.32 Å². The lowest BCUT2D eigenvalue weighted by Crippen LogP contribution is -2.17. The predicted octanol–water partition coefficient (Wildman–Crippen LogP) is 1.94. The van der Waals surface area contributed by atoms with E-state index in [1.165, 1.54) is 13.1 Å². The number of carbonyl (C=O) groups is 1. The Kier molecular flexibility index (Phi) is 2.53. The van der Waals surface area contributed by atoms with Crippen LogP contribution in [0.1, 0.15) is 16.1 Å². The van der Waals surface area contributed by atoms with E-state index in [1.807, 2.05) is 0 Å². The van der Waals surface area contributed by atoms with E-state index < -0.39 is 17.6 Å². The van der Waals surface area contributed by atoms with Crippen molar-refractivity contribution < 1.29 is 18.0 Å². The van der Waals surface area contributed by atoms with Crippen LogP contribution in [0.2, 0.25) is 0 Å². The van der Waals surface area contributed by atoms with Crippen molar-refractivity contribution in [1.29, 1.82) is 0 Å². The highest BCUT2D eigenvalue weighted by molar-refractivity contribution is 5.97. The van der Waals surface area contributed by atoms with Crippen LogP contribution in [0.15, 0.2) is 18.3 Å². The van der Waals surface area contributed by atoms with Crippen molar-refractivity contribution >= 4 is 16.9 Å². The molecule has 0 saturated heterocycles. The smallest absolute Gasteiger partial charge is 0.354 e. The summed E-state index contributed by atoms with van der Waals surface area (Å²) in [5.41, 5.74) is -0.418. The maximum Gasteiger partial charge on any atom is 0.417 e. The Hall–Kier alpha value is -2.05. The number of carbonyl (C=O) groups excluding carboxylic acids is 1. The molecule has 0 aliphatic carbocycles. The van der Waals surface area contributed by atoms with Crippen molar-refractivity contribution in [3.05, 3.63) is 29.6 Å². The van der Waals surface area contributed by atoms with Gasteiger partial charge in [0, 0.05) is 18.6 Å². The van der Waals surface area contributed by atoms with Crippen LogP contribution >= 0.6 is 0 Å². The molecule has 0 aromatic carbocycles. The molecule has 4 nitrogen and oxygen atoms in total. The minimum Gasteiger partial charge on any atom is -0.354 e. The van der Waals surface area contributed by atoms with Gasteiger partial charge in [-0.1, -0.05) is 0 Å². The second-order valence-corrected chi connectivity index (χ2v) is 3.42. The zero-order chi connectivity index (χ0) is 12.6. The Morgan fingerprint density at radius 2 is 2.12 bits per heavy atom. The Morgan fingerprint density at radius 3 is 2.71 bits per heavy atom. The lowest BCUT2D eigenvalue weighted by molar-refractivity contribution is -0.137. The largest absolute Gasteiger partial charge is 0.417 e. The maximum atomic E-state index is 12.4. The Balaban J connectivity index is 2.52. The third kappa shape index (κ3) is 2.08. The van der Waals surface area contributed by atoms with Crippen LogP contribution in [-0.4, -0.2) is 22.9 Å². The third-order valence-corrected chi connectivity index (χ3v) is 2.27. The summed E-state index contributed by atoms with van der Waals surface area (Å²) in [4.78, 5) is 17.5. The molecule has 2 heterocycles. The number of hydrogen-bond donors (Lipinski definition) is 2. The quantitative estimate of drug-likeness (QED) is 0.804. The van der Waals surface area contributed by atoms with Gasteiger partial charge in [-0.3, -0.25) is 4.79 Å². The minimum atomic E-state index is -4.44. The van der Waals surface area contributed by atoms with Crippen molar-refractivity contribution in [3.8, 4) is 0 Å². The fourth-order valence-corrected chi connectivity index (χ4v) is 1.43. The van der Waals surface area contributed by atoms with Crippen LogP contribution in [0.3, 0.4) is 0 Å². The first kappa shape index (κ1) is 11.4. The van der Waals surface area contributed by atoms with Crippen LogP contribution in [0.4, 0.5) is 13.2 Å². The van der Waals surface area contributed by atoms with Crippen molar-refractivity contribution in [3.63, 3.8) is 0 Å². The molecular formula is C10H8F3N3O. The standard InChI is InChI=1S/C10H8F3N3O/c1-14-9(17)7-3-5-2-6(10(11,12)13)4-15-8(5)16-7/h2-4H,1H3,(H,14,17)(H,15,16). The molecule has 0 radical (unpaired) electrons. The highest BCUT2D eigenvalue weighted by atomic mass is 19.4. The first-order valence-electron chi connectivity index (χ1n) is 4.70. The number of rotatable bonds is 1. The van der Waals surface area contributed by atoms with E-state index in [0.29, 0.717) is 0 Å². The van der Waals surface area contributed by atoms with E-state index in [0.717, 1.165) is 12.3 Å². The summed E-state index contributed by atoms with van der Waals surface area (Å²) in [6, 6.07) is 2.28. The normalized spacial score (nSPS) is 11.8. The number of amides is 1. The summed E-state index contributed by atoms with van der Waals surface area (Å²) in [6.07, 6.45) is -3.71. The first-order chi connectivity index (χ1) is 7.91. The fraction of sp³-hybridized carbons (Fsp3) is 0.200. The molecule has 0 aliphatic rings. The van der Waals surface area contributed by atoms with Crippen LogP contribution in [0.25, 0.3) is 11.0 Å². The van der Waals surface area contributed by atoms with E-state index in [-0.39, 0.29) is 16.7 Å². The van der Waals surface area contributed by atoms with E-state index in [9.17, 15) is 18.0 Å². The Bertz CT molecular complexity index is 574. The molecular weight excluding hydrogens is 235 g/mol. The SMILES string of the molecule is CNC(=O)c1cc2cc(C(F)(F)F)cnc2[nH]1. The van der Waals surface area contributed by atoms with Gasteiger partial charge in [-0.15, -0.1) is 0 Å². The first-order valence-corrected chi connectivity index (χ1v) is 4.70. The molecule has 0 unspecified atom stereocenters. The Morgan fingerprint density at radius 1 is 1.41 bits per heavy atom. The summed E-state index contributed by atoms with van der Waals surface area (Å²) < 4.78 is 37.3. The second kappa shape index (κ2) is 3.76. The predicted molar refractivity (Wildman–Crippen MR) is 54.5 cm³/mol. The maximum absolute atomic E-state index is 12.4. The zero-order valence-corrected chi connectivity index (χ0v) is 8.72. The number of fused-ring (bicyclic) bond motifs is 1. The number of nitrogens with zero attached hydrogens (tertiary/aromatic N) is 1. The average molecular weight is 243 g/mol. The van der Waals surface area contributed by atoms with Crippen LogP contribution in [0.5, 0.6) is 0 Å². The molecule has 2 N–H and O–H groups in total. The summed E-state index contributed by atoms with van der Waals surface area (Å²) in [6.45, 7) is 0. The summed E-state index contributed by atoms with van der Waals surface area (Å²) in [5.74, 6) is -0.406. The molecule has 1 amide bonds.